The average Bonchev–Trinajstić information content (AvgIpc) is 2.22. The number of halogens is 5. The Balaban J connectivity index is 3.71. The topological polar surface area (TPSA) is 35.1 Å². The molecule has 8 heteroatoms. The van der Waals surface area contributed by atoms with Gasteiger partial charge in [-0.2, -0.15) is 22.0 Å². The Morgan fingerprint density at radius 2 is 1.61 bits per heavy atom. The van der Waals surface area contributed by atoms with Crippen molar-refractivity contribution in [2.75, 3.05) is 24.6 Å². The number of nitrogens with one attached hydrogen (secondary N) is 1. The second-order valence-corrected chi connectivity index (χ2v) is 5.56. The van der Waals surface area contributed by atoms with Crippen molar-refractivity contribution in [3.63, 3.8) is 0 Å². The molecular formula is C10H18F5NOS. The molecule has 18 heavy (non-hydrogen) atoms. The van der Waals surface area contributed by atoms with E-state index in [-0.39, 0.29) is 12.2 Å². The summed E-state index contributed by atoms with van der Waals surface area (Å²) in [6, 6.07) is 0. The molecule has 0 aliphatic carbocycles. The van der Waals surface area contributed by atoms with Crippen LogP contribution in [0.2, 0.25) is 0 Å². The van der Waals surface area contributed by atoms with Gasteiger partial charge in [0, 0.05) is 12.8 Å². The van der Waals surface area contributed by atoms with Crippen LogP contribution in [-0.4, -0.2) is 41.2 Å². The van der Waals surface area contributed by atoms with Gasteiger partial charge in [0.25, 0.3) is 0 Å². The van der Waals surface area contributed by atoms with Gasteiger partial charge in [-0.3, -0.25) is 0 Å². The van der Waals surface area contributed by atoms with E-state index in [1.807, 2.05) is 6.92 Å². The van der Waals surface area contributed by atoms with Gasteiger partial charge in [-0.1, -0.05) is 18.1 Å². The SMILES string of the molecule is CCNCCC[S+]([O-])CCCC(F)(F)C(F)(F)F. The molecule has 0 saturated carbocycles. The highest BCUT2D eigenvalue weighted by atomic mass is 32.2. The minimum Gasteiger partial charge on any atom is -0.616 e. The molecule has 0 aliphatic rings. The molecule has 0 aromatic heterocycles. The van der Waals surface area contributed by atoms with E-state index in [2.05, 4.69) is 5.32 Å². The standard InChI is InChI=1S/C10H18F5NOS/c1-2-16-6-4-8-18(17)7-3-5-9(11,12)10(13,14)15/h16H,2-8H2,1H3. The van der Waals surface area contributed by atoms with Crippen LogP contribution in [-0.2, 0) is 11.2 Å². The largest absolute Gasteiger partial charge is 0.616 e. The van der Waals surface area contributed by atoms with E-state index < -0.39 is 29.7 Å². The van der Waals surface area contributed by atoms with E-state index in [4.69, 9.17) is 0 Å². The second-order valence-electron chi connectivity index (χ2n) is 3.86. The molecule has 0 rings (SSSR count). The van der Waals surface area contributed by atoms with Gasteiger partial charge in [0.15, 0.2) is 0 Å². The molecule has 110 valence electrons. The molecule has 2 nitrogen and oxygen atoms in total. The Morgan fingerprint density at radius 3 is 2.11 bits per heavy atom. The lowest BCUT2D eigenvalue weighted by atomic mass is 10.2. The number of hydrogen-bond acceptors (Lipinski definition) is 2. The van der Waals surface area contributed by atoms with E-state index in [0.717, 1.165) is 6.54 Å². The van der Waals surface area contributed by atoms with Crippen LogP contribution in [0, 0.1) is 0 Å². The van der Waals surface area contributed by atoms with Gasteiger partial charge in [-0.15, -0.1) is 0 Å². The van der Waals surface area contributed by atoms with Crippen molar-refractivity contribution in [2.45, 2.75) is 38.3 Å². The Hall–Kier alpha value is -0.0800. The van der Waals surface area contributed by atoms with E-state index in [9.17, 15) is 26.5 Å². The molecule has 0 bridgehead atoms. The van der Waals surface area contributed by atoms with Gasteiger partial charge >= 0.3 is 12.1 Å². The fourth-order valence-electron chi connectivity index (χ4n) is 1.23. The first-order chi connectivity index (χ1) is 8.20. The van der Waals surface area contributed by atoms with Crippen LogP contribution >= 0.6 is 0 Å². The third kappa shape index (κ3) is 7.38. The first-order valence-electron chi connectivity index (χ1n) is 5.71. The highest BCUT2D eigenvalue weighted by Crippen LogP contribution is 2.38. The fraction of sp³-hybridized carbons (Fsp3) is 1.00. The number of rotatable bonds is 9. The van der Waals surface area contributed by atoms with Crippen molar-refractivity contribution in [2.24, 2.45) is 0 Å². The summed E-state index contributed by atoms with van der Waals surface area (Å²) in [5.74, 6) is -4.47. The summed E-state index contributed by atoms with van der Waals surface area (Å²) >= 11 is -1.33. The molecule has 0 fully saturated rings. The molecule has 1 N–H and O–H groups in total. The third-order valence-corrected chi connectivity index (χ3v) is 3.74. The molecule has 0 spiro atoms. The van der Waals surface area contributed by atoms with Gasteiger partial charge in [-0.05, 0) is 19.5 Å². The number of hydrogen-bond donors (Lipinski definition) is 1. The van der Waals surface area contributed by atoms with E-state index >= 15 is 0 Å². The molecule has 1 atom stereocenters. The first kappa shape index (κ1) is 17.9. The molecule has 0 amide bonds. The Bertz CT molecular complexity index is 225. The van der Waals surface area contributed by atoms with Crippen molar-refractivity contribution in [3.05, 3.63) is 0 Å². The van der Waals surface area contributed by atoms with Crippen LogP contribution in [0.15, 0.2) is 0 Å². The molecule has 1 unspecified atom stereocenters. The van der Waals surface area contributed by atoms with Crippen LogP contribution in [0.3, 0.4) is 0 Å². The summed E-state index contributed by atoms with van der Waals surface area (Å²) in [5.41, 5.74) is 0. The van der Waals surface area contributed by atoms with E-state index in [1.54, 1.807) is 0 Å². The second kappa shape index (κ2) is 8.16. The molecule has 0 aromatic carbocycles. The van der Waals surface area contributed by atoms with Crippen molar-refractivity contribution in [1.82, 2.24) is 5.32 Å². The third-order valence-electron chi connectivity index (χ3n) is 2.25. The predicted octanol–water partition coefficient (Wildman–Crippen LogP) is 2.71. The van der Waals surface area contributed by atoms with Crippen molar-refractivity contribution < 1.29 is 26.5 Å². The first-order valence-corrected chi connectivity index (χ1v) is 7.19. The predicted molar refractivity (Wildman–Crippen MR) is 61.3 cm³/mol. The van der Waals surface area contributed by atoms with Gasteiger partial charge in [0.1, 0.15) is 11.5 Å². The van der Waals surface area contributed by atoms with Gasteiger partial charge in [0.2, 0.25) is 0 Å². The molecule has 0 heterocycles. The quantitative estimate of drug-likeness (QED) is 0.403. The minimum atomic E-state index is -5.51. The smallest absolute Gasteiger partial charge is 0.453 e. The molecular weight excluding hydrogens is 277 g/mol. The van der Waals surface area contributed by atoms with Crippen molar-refractivity contribution >= 4 is 11.2 Å². The normalized spacial score (nSPS) is 14.8. The van der Waals surface area contributed by atoms with Gasteiger partial charge < -0.3 is 9.87 Å². The molecule has 0 radical (unpaired) electrons. The van der Waals surface area contributed by atoms with Crippen LogP contribution in [0.4, 0.5) is 22.0 Å². The zero-order chi connectivity index (χ0) is 14.2. The molecule has 0 aromatic rings. The van der Waals surface area contributed by atoms with Crippen LogP contribution in [0.1, 0.15) is 26.2 Å². The van der Waals surface area contributed by atoms with Crippen LogP contribution in [0.5, 0.6) is 0 Å². The highest BCUT2D eigenvalue weighted by molar-refractivity contribution is 7.91. The zero-order valence-electron chi connectivity index (χ0n) is 10.2. The average molecular weight is 295 g/mol. The van der Waals surface area contributed by atoms with E-state index in [0.29, 0.717) is 18.7 Å². The maximum Gasteiger partial charge on any atom is 0.453 e. The summed E-state index contributed by atoms with van der Waals surface area (Å²) in [7, 11) is 0. The minimum absolute atomic E-state index is 0.113. The summed E-state index contributed by atoms with van der Waals surface area (Å²) < 4.78 is 71.7. The van der Waals surface area contributed by atoms with Crippen LogP contribution < -0.4 is 5.32 Å². The summed E-state index contributed by atoms with van der Waals surface area (Å²) in [5, 5.41) is 3.00. The summed E-state index contributed by atoms with van der Waals surface area (Å²) in [6.45, 7) is 3.36. The molecule has 0 saturated heterocycles. The maximum atomic E-state index is 12.5. The highest BCUT2D eigenvalue weighted by Gasteiger charge is 2.56. The lowest BCUT2D eigenvalue weighted by Gasteiger charge is -2.19. The molecule has 0 aliphatic heterocycles. The van der Waals surface area contributed by atoms with Crippen molar-refractivity contribution in [3.8, 4) is 0 Å². The fourth-order valence-corrected chi connectivity index (χ4v) is 2.37. The Kier molecular flexibility index (Phi) is 8.13. The Morgan fingerprint density at radius 1 is 1.06 bits per heavy atom. The van der Waals surface area contributed by atoms with Gasteiger partial charge in [0.05, 0.1) is 0 Å². The summed E-state index contributed by atoms with van der Waals surface area (Å²) in [4.78, 5) is 0. The Labute approximate surface area is 106 Å². The van der Waals surface area contributed by atoms with E-state index in [1.165, 1.54) is 0 Å². The summed E-state index contributed by atoms with van der Waals surface area (Å²) in [6.07, 6.45) is -6.58. The van der Waals surface area contributed by atoms with Gasteiger partial charge in [-0.25, -0.2) is 0 Å². The maximum absolute atomic E-state index is 12.5. The van der Waals surface area contributed by atoms with Crippen LogP contribution in [0.25, 0.3) is 0 Å². The monoisotopic (exact) mass is 295 g/mol. The van der Waals surface area contributed by atoms with Crippen molar-refractivity contribution in [1.29, 1.82) is 0 Å². The lowest BCUT2D eigenvalue weighted by Crippen LogP contribution is -2.36. The lowest BCUT2D eigenvalue weighted by molar-refractivity contribution is -0.284. The number of alkyl halides is 5. The zero-order valence-corrected chi connectivity index (χ0v) is 11.0.